The van der Waals surface area contributed by atoms with Gasteiger partial charge in [0, 0.05) is 11.8 Å². The van der Waals surface area contributed by atoms with E-state index in [1.807, 2.05) is 0 Å². The van der Waals surface area contributed by atoms with Gasteiger partial charge in [0.15, 0.2) is 11.8 Å². The Morgan fingerprint density at radius 1 is 1.39 bits per heavy atom. The van der Waals surface area contributed by atoms with Crippen LogP contribution in [0.2, 0.25) is 0 Å². The normalized spacial score (nSPS) is 13.8. The second kappa shape index (κ2) is 5.56. The molecule has 1 aromatic rings. The van der Waals surface area contributed by atoms with Gasteiger partial charge >= 0.3 is 11.9 Å². The zero-order valence-corrected chi connectivity index (χ0v) is 9.82. The fraction of sp³-hybridized carbons (Fsp3) is 0.364. The summed E-state index contributed by atoms with van der Waals surface area (Å²) >= 11 is 0. The molecule has 0 amide bonds. The number of rotatable bonds is 4. The molecule has 0 aliphatic heterocycles. The maximum atomic E-state index is 11.0. The third-order valence-electron chi connectivity index (χ3n) is 2.39. The average Bonchev–Trinajstić information content (AvgIpc) is 2.35. The molecule has 2 unspecified atom stereocenters. The lowest BCUT2D eigenvalue weighted by Crippen LogP contribution is -2.29. The number of esters is 1. The molecular weight excluding hydrogens is 242 g/mol. The van der Waals surface area contributed by atoms with E-state index in [4.69, 9.17) is 5.11 Å². The molecule has 18 heavy (non-hydrogen) atoms. The molecule has 0 aliphatic carbocycles. The Labute approximate surface area is 103 Å². The van der Waals surface area contributed by atoms with Crippen molar-refractivity contribution >= 4 is 11.9 Å². The van der Waals surface area contributed by atoms with Crippen LogP contribution in [0.4, 0.5) is 0 Å². The molecule has 0 spiro atoms. The van der Waals surface area contributed by atoms with Gasteiger partial charge in [0.2, 0.25) is 0 Å². The summed E-state index contributed by atoms with van der Waals surface area (Å²) in [6, 6.07) is 1.34. The molecule has 98 valence electrons. The second-order valence-corrected chi connectivity index (χ2v) is 3.65. The lowest BCUT2D eigenvalue weighted by molar-refractivity contribution is -0.156. The maximum Gasteiger partial charge on any atom is 0.354 e. The van der Waals surface area contributed by atoms with E-state index in [1.54, 1.807) is 0 Å². The number of carbonyl (C=O) groups is 2. The number of aliphatic hydroxyl groups is 2. The van der Waals surface area contributed by atoms with Crippen molar-refractivity contribution in [1.82, 2.24) is 4.98 Å². The highest BCUT2D eigenvalue weighted by molar-refractivity contribution is 5.87. The summed E-state index contributed by atoms with van der Waals surface area (Å²) in [6.45, 7) is 1.50. The van der Waals surface area contributed by atoms with Crippen LogP contribution < -0.4 is 0 Å². The molecule has 7 heteroatoms. The number of carbonyl (C=O) groups excluding carboxylic acids is 1. The predicted molar refractivity (Wildman–Crippen MR) is 58.9 cm³/mol. The Morgan fingerprint density at radius 2 is 2.00 bits per heavy atom. The zero-order chi connectivity index (χ0) is 13.9. The molecule has 0 aromatic carbocycles. The summed E-state index contributed by atoms with van der Waals surface area (Å²) in [5.74, 6) is -2.18. The lowest BCUT2D eigenvalue weighted by Gasteiger charge is -2.16. The van der Waals surface area contributed by atoms with Crippen LogP contribution in [0.5, 0.6) is 0 Å². The number of ether oxygens (including phenoxy) is 1. The molecule has 2 atom stereocenters. The first-order valence-corrected chi connectivity index (χ1v) is 5.02. The van der Waals surface area contributed by atoms with Crippen molar-refractivity contribution in [1.29, 1.82) is 0 Å². The largest absolute Gasteiger partial charge is 0.477 e. The van der Waals surface area contributed by atoms with Gasteiger partial charge in [-0.15, -0.1) is 0 Å². The molecule has 3 N–H and O–H groups in total. The van der Waals surface area contributed by atoms with E-state index in [0.717, 1.165) is 13.3 Å². The van der Waals surface area contributed by atoms with Crippen LogP contribution in [0, 0.1) is 6.92 Å². The van der Waals surface area contributed by atoms with E-state index in [2.05, 4.69) is 9.72 Å². The maximum absolute atomic E-state index is 11.0. The van der Waals surface area contributed by atoms with Gasteiger partial charge in [0.1, 0.15) is 6.10 Å². The van der Waals surface area contributed by atoms with E-state index in [0.29, 0.717) is 5.56 Å². The SMILES string of the molecule is COC(=O)C(O)C(O)c1cnc(C(=O)O)c(C)c1. The molecule has 1 heterocycles. The van der Waals surface area contributed by atoms with Crippen molar-refractivity contribution in [3.8, 4) is 0 Å². The standard InChI is InChI=1S/C11H13NO6/c1-5-3-6(4-12-7(5)10(15)16)8(13)9(14)11(17)18-2/h3-4,8-9,13-14H,1-2H3,(H,15,16). The van der Waals surface area contributed by atoms with Crippen molar-refractivity contribution in [2.75, 3.05) is 7.11 Å². The van der Waals surface area contributed by atoms with Crippen molar-refractivity contribution in [2.45, 2.75) is 19.1 Å². The zero-order valence-electron chi connectivity index (χ0n) is 9.82. The molecule has 1 aromatic heterocycles. The highest BCUT2D eigenvalue weighted by Crippen LogP contribution is 2.19. The first-order valence-electron chi connectivity index (χ1n) is 5.02. The number of methoxy groups -OCH3 is 1. The number of aromatic nitrogens is 1. The van der Waals surface area contributed by atoms with Crippen molar-refractivity contribution in [3.05, 3.63) is 29.1 Å². The quantitative estimate of drug-likeness (QED) is 0.630. The molecule has 7 nitrogen and oxygen atoms in total. The Hall–Kier alpha value is -1.99. The van der Waals surface area contributed by atoms with Crippen LogP contribution >= 0.6 is 0 Å². The summed E-state index contributed by atoms with van der Waals surface area (Å²) < 4.78 is 4.28. The number of aryl methyl sites for hydroxylation is 1. The molecule has 0 radical (unpaired) electrons. The summed E-state index contributed by atoms with van der Waals surface area (Å²) in [7, 11) is 1.08. The molecule has 1 rings (SSSR count). The predicted octanol–water partition coefficient (Wildman–Crippen LogP) is -0.344. The number of hydrogen-bond donors (Lipinski definition) is 3. The van der Waals surface area contributed by atoms with E-state index in [9.17, 15) is 19.8 Å². The first-order chi connectivity index (χ1) is 8.38. The van der Waals surface area contributed by atoms with Gasteiger partial charge in [-0.25, -0.2) is 14.6 Å². The van der Waals surface area contributed by atoms with Crippen molar-refractivity contribution < 1.29 is 29.6 Å². The number of carboxylic acid groups (broad SMARTS) is 1. The highest BCUT2D eigenvalue weighted by Gasteiger charge is 2.27. The van der Waals surface area contributed by atoms with Crippen molar-refractivity contribution in [2.24, 2.45) is 0 Å². The third-order valence-corrected chi connectivity index (χ3v) is 2.39. The topological polar surface area (TPSA) is 117 Å². The van der Waals surface area contributed by atoms with Gasteiger partial charge in [-0.2, -0.15) is 0 Å². The van der Waals surface area contributed by atoms with E-state index < -0.39 is 24.1 Å². The van der Waals surface area contributed by atoms with Gasteiger partial charge < -0.3 is 20.1 Å². The van der Waals surface area contributed by atoms with Crippen LogP contribution in [-0.4, -0.2) is 45.5 Å². The number of aliphatic hydroxyl groups excluding tert-OH is 2. The second-order valence-electron chi connectivity index (χ2n) is 3.65. The Morgan fingerprint density at radius 3 is 2.44 bits per heavy atom. The Balaban J connectivity index is 3.01. The summed E-state index contributed by atoms with van der Waals surface area (Å²) in [5.41, 5.74) is 0.296. The summed E-state index contributed by atoms with van der Waals surface area (Å²) in [4.78, 5) is 25.4. The minimum atomic E-state index is -1.74. The van der Waals surface area contributed by atoms with Crippen LogP contribution in [0.25, 0.3) is 0 Å². The minimum Gasteiger partial charge on any atom is -0.477 e. The molecule has 0 fully saturated rings. The first kappa shape index (κ1) is 14.1. The summed E-state index contributed by atoms with van der Waals surface area (Å²) in [5, 5.41) is 27.9. The fourth-order valence-electron chi connectivity index (χ4n) is 1.41. The lowest BCUT2D eigenvalue weighted by atomic mass is 10.0. The van der Waals surface area contributed by atoms with Crippen LogP contribution in [0.3, 0.4) is 0 Å². The highest BCUT2D eigenvalue weighted by atomic mass is 16.5. The number of carboxylic acids is 1. The smallest absolute Gasteiger partial charge is 0.354 e. The van der Waals surface area contributed by atoms with Crippen LogP contribution in [-0.2, 0) is 9.53 Å². The molecular formula is C11H13NO6. The third kappa shape index (κ3) is 2.82. The fourth-order valence-corrected chi connectivity index (χ4v) is 1.41. The van der Waals surface area contributed by atoms with E-state index >= 15 is 0 Å². The van der Waals surface area contributed by atoms with Gasteiger partial charge in [-0.3, -0.25) is 0 Å². The monoisotopic (exact) mass is 255 g/mol. The van der Waals surface area contributed by atoms with E-state index in [-0.39, 0.29) is 11.3 Å². The van der Waals surface area contributed by atoms with E-state index in [1.165, 1.54) is 13.0 Å². The van der Waals surface area contributed by atoms with Gasteiger partial charge in [-0.05, 0) is 18.6 Å². The Bertz CT molecular complexity index is 473. The summed E-state index contributed by atoms with van der Waals surface area (Å²) in [6.07, 6.45) is -2.17. The number of aromatic carboxylic acids is 1. The minimum absolute atomic E-state index is 0.135. The van der Waals surface area contributed by atoms with Gasteiger partial charge in [0.05, 0.1) is 7.11 Å². The molecule has 0 saturated carbocycles. The van der Waals surface area contributed by atoms with Gasteiger partial charge in [0.25, 0.3) is 0 Å². The Kier molecular flexibility index (Phi) is 4.35. The molecule has 0 saturated heterocycles. The number of pyridine rings is 1. The van der Waals surface area contributed by atoms with Crippen LogP contribution in [0.15, 0.2) is 12.3 Å². The van der Waals surface area contributed by atoms with Crippen molar-refractivity contribution in [3.63, 3.8) is 0 Å². The number of hydrogen-bond acceptors (Lipinski definition) is 6. The average molecular weight is 255 g/mol. The van der Waals surface area contributed by atoms with Crippen LogP contribution in [0.1, 0.15) is 27.7 Å². The number of nitrogens with zero attached hydrogens (tertiary/aromatic N) is 1. The van der Waals surface area contributed by atoms with Gasteiger partial charge in [-0.1, -0.05) is 0 Å². The molecule has 0 bridgehead atoms. The molecule has 0 aliphatic rings.